The molecule has 0 heterocycles. The van der Waals surface area contributed by atoms with E-state index in [2.05, 4.69) is 6.92 Å². The first-order chi connectivity index (χ1) is 10.4. The number of hydrogen-bond donors (Lipinski definition) is 0. The molecule has 3 nitrogen and oxygen atoms in total. The molecule has 122 valence electrons. The minimum Gasteiger partial charge on any atom is -0.487 e. The van der Waals surface area contributed by atoms with Gasteiger partial charge in [0.15, 0.2) is 0 Å². The van der Waals surface area contributed by atoms with Gasteiger partial charge in [-0.05, 0) is 76.6 Å². The number of carbonyl (C=O) groups is 1. The maximum atomic E-state index is 12.1. The van der Waals surface area contributed by atoms with E-state index >= 15 is 0 Å². The molecular weight excluding hydrogens is 276 g/mol. The van der Waals surface area contributed by atoms with Crippen LogP contribution < -0.4 is 9.47 Å². The van der Waals surface area contributed by atoms with Crippen molar-refractivity contribution >= 4 is 5.97 Å². The van der Waals surface area contributed by atoms with E-state index in [1.807, 2.05) is 45.0 Å². The minimum atomic E-state index is -0.453. The SMILES string of the molecule is CCC1(Oc2ccc(OC(=O)C(C)(C)CC)cc2)CCCC1. The van der Waals surface area contributed by atoms with Crippen LogP contribution in [0.2, 0.25) is 0 Å². The van der Waals surface area contributed by atoms with Crippen LogP contribution in [0.3, 0.4) is 0 Å². The first-order valence-corrected chi connectivity index (χ1v) is 8.42. The summed E-state index contributed by atoms with van der Waals surface area (Å²) in [5, 5.41) is 0. The summed E-state index contributed by atoms with van der Waals surface area (Å²) in [7, 11) is 0. The molecular formula is C19H28O3. The molecule has 1 aliphatic rings. The zero-order chi connectivity index (χ0) is 16.2. The van der Waals surface area contributed by atoms with E-state index in [1.54, 1.807) is 0 Å². The van der Waals surface area contributed by atoms with Crippen molar-refractivity contribution in [3.63, 3.8) is 0 Å². The van der Waals surface area contributed by atoms with Crippen LogP contribution in [0.5, 0.6) is 11.5 Å². The summed E-state index contributed by atoms with van der Waals surface area (Å²) in [6.07, 6.45) is 6.54. The Balaban J connectivity index is 2.00. The molecule has 0 atom stereocenters. The molecule has 0 amide bonds. The van der Waals surface area contributed by atoms with Crippen molar-refractivity contribution < 1.29 is 14.3 Å². The highest BCUT2D eigenvalue weighted by molar-refractivity contribution is 5.78. The van der Waals surface area contributed by atoms with Crippen molar-refractivity contribution in [1.82, 2.24) is 0 Å². The normalized spacial score (nSPS) is 17.3. The largest absolute Gasteiger partial charge is 0.487 e. The van der Waals surface area contributed by atoms with Crippen molar-refractivity contribution in [2.75, 3.05) is 0 Å². The molecule has 2 rings (SSSR count). The number of ether oxygens (including phenoxy) is 2. The number of esters is 1. The highest BCUT2D eigenvalue weighted by Crippen LogP contribution is 2.37. The van der Waals surface area contributed by atoms with Crippen molar-refractivity contribution in [3.8, 4) is 11.5 Å². The molecule has 22 heavy (non-hydrogen) atoms. The lowest BCUT2D eigenvalue weighted by molar-refractivity contribution is -0.144. The standard InChI is InChI=1S/C19H28O3/c1-5-18(3,4)17(20)21-15-9-11-16(12-10-15)22-19(6-2)13-7-8-14-19/h9-12H,5-8,13-14H2,1-4H3. The third-order valence-corrected chi connectivity index (χ3v) is 4.96. The third-order valence-electron chi connectivity index (χ3n) is 4.96. The van der Waals surface area contributed by atoms with Crippen LogP contribution in [-0.4, -0.2) is 11.6 Å². The molecule has 1 aliphatic carbocycles. The summed E-state index contributed by atoms with van der Waals surface area (Å²) in [5.41, 5.74) is -0.451. The highest BCUT2D eigenvalue weighted by Gasteiger charge is 2.34. The van der Waals surface area contributed by atoms with E-state index in [0.29, 0.717) is 5.75 Å². The maximum absolute atomic E-state index is 12.1. The van der Waals surface area contributed by atoms with Gasteiger partial charge in [-0.15, -0.1) is 0 Å². The van der Waals surface area contributed by atoms with E-state index in [-0.39, 0.29) is 11.6 Å². The van der Waals surface area contributed by atoms with Crippen LogP contribution in [-0.2, 0) is 4.79 Å². The topological polar surface area (TPSA) is 35.5 Å². The van der Waals surface area contributed by atoms with Gasteiger partial charge in [0.2, 0.25) is 0 Å². The second-order valence-electron chi connectivity index (χ2n) is 6.94. The number of benzene rings is 1. The Morgan fingerprint density at radius 1 is 1.09 bits per heavy atom. The molecule has 0 N–H and O–H groups in total. The fraction of sp³-hybridized carbons (Fsp3) is 0.632. The summed E-state index contributed by atoms with van der Waals surface area (Å²) >= 11 is 0. The van der Waals surface area contributed by atoms with Crippen molar-refractivity contribution in [1.29, 1.82) is 0 Å². The molecule has 0 saturated heterocycles. The average molecular weight is 304 g/mol. The molecule has 0 aromatic heterocycles. The van der Waals surface area contributed by atoms with Gasteiger partial charge in [0.1, 0.15) is 17.1 Å². The van der Waals surface area contributed by atoms with Crippen molar-refractivity contribution in [3.05, 3.63) is 24.3 Å². The summed E-state index contributed by atoms with van der Waals surface area (Å²) < 4.78 is 11.7. The number of carbonyl (C=O) groups excluding carboxylic acids is 1. The quantitative estimate of drug-likeness (QED) is 0.540. The average Bonchev–Trinajstić information content (AvgIpc) is 2.98. The fourth-order valence-corrected chi connectivity index (χ4v) is 2.76. The Bertz CT molecular complexity index is 496. The molecule has 1 aromatic carbocycles. The van der Waals surface area contributed by atoms with Gasteiger partial charge in [-0.25, -0.2) is 0 Å². The third kappa shape index (κ3) is 3.82. The monoisotopic (exact) mass is 304 g/mol. The minimum absolute atomic E-state index is 0.00238. The lowest BCUT2D eigenvalue weighted by atomic mass is 9.91. The Morgan fingerprint density at radius 3 is 2.14 bits per heavy atom. The molecule has 0 bridgehead atoms. The Morgan fingerprint density at radius 2 is 1.64 bits per heavy atom. The smallest absolute Gasteiger partial charge is 0.316 e. The van der Waals surface area contributed by atoms with Crippen LogP contribution in [0.15, 0.2) is 24.3 Å². The Kier molecular flexibility index (Phi) is 5.15. The summed E-state index contributed by atoms with van der Waals surface area (Å²) in [5.74, 6) is 1.25. The van der Waals surface area contributed by atoms with E-state index in [0.717, 1.165) is 31.4 Å². The molecule has 3 heteroatoms. The van der Waals surface area contributed by atoms with E-state index in [9.17, 15) is 4.79 Å². The first kappa shape index (κ1) is 16.9. The molecule has 0 unspecified atom stereocenters. The van der Waals surface area contributed by atoms with Crippen LogP contribution in [0.4, 0.5) is 0 Å². The van der Waals surface area contributed by atoms with Gasteiger partial charge in [-0.2, -0.15) is 0 Å². The van der Waals surface area contributed by atoms with Gasteiger partial charge in [-0.3, -0.25) is 4.79 Å². The second kappa shape index (κ2) is 6.72. The predicted octanol–water partition coefficient (Wildman–Crippen LogP) is 5.13. The lowest BCUT2D eigenvalue weighted by Crippen LogP contribution is -2.31. The summed E-state index contributed by atoms with van der Waals surface area (Å²) in [4.78, 5) is 12.1. The van der Waals surface area contributed by atoms with Crippen LogP contribution in [0.1, 0.15) is 66.2 Å². The second-order valence-corrected chi connectivity index (χ2v) is 6.94. The molecule has 1 aromatic rings. The fourth-order valence-electron chi connectivity index (χ4n) is 2.76. The van der Waals surface area contributed by atoms with Gasteiger partial charge in [0.25, 0.3) is 0 Å². The van der Waals surface area contributed by atoms with Crippen LogP contribution in [0, 0.1) is 5.41 Å². The van der Waals surface area contributed by atoms with Crippen LogP contribution in [0.25, 0.3) is 0 Å². The zero-order valence-corrected chi connectivity index (χ0v) is 14.3. The molecule has 1 saturated carbocycles. The maximum Gasteiger partial charge on any atom is 0.316 e. The molecule has 0 radical (unpaired) electrons. The molecule has 1 fully saturated rings. The van der Waals surface area contributed by atoms with E-state index in [4.69, 9.17) is 9.47 Å². The zero-order valence-electron chi connectivity index (χ0n) is 14.3. The van der Waals surface area contributed by atoms with Crippen molar-refractivity contribution in [2.45, 2.75) is 71.8 Å². The van der Waals surface area contributed by atoms with E-state index < -0.39 is 5.41 Å². The predicted molar refractivity (Wildman–Crippen MR) is 88.3 cm³/mol. The van der Waals surface area contributed by atoms with Crippen LogP contribution >= 0.6 is 0 Å². The Hall–Kier alpha value is -1.51. The van der Waals surface area contributed by atoms with Crippen molar-refractivity contribution in [2.24, 2.45) is 5.41 Å². The van der Waals surface area contributed by atoms with Gasteiger partial charge < -0.3 is 9.47 Å². The lowest BCUT2D eigenvalue weighted by Gasteiger charge is -2.29. The molecule has 0 aliphatic heterocycles. The molecule has 0 spiro atoms. The number of hydrogen-bond acceptors (Lipinski definition) is 3. The van der Waals surface area contributed by atoms with Gasteiger partial charge in [0, 0.05) is 0 Å². The summed E-state index contributed by atoms with van der Waals surface area (Å²) in [6.45, 7) is 7.98. The first-order valence-electron chi connectivity index (χ1n) is 8.42. The van der Waals surface area contributed by atoms with Gasteiger partial charge in [-0.1, -0.05) is 13.8 Å². The summed E-state index contributed by atoms with van der Waals surface area (Å²) in [6, 6.07) is 7.43. The van der Waals surface area contributed by atoms with Gasteiger partial charge in [0.05, 0.1) is 5.41 Å². The van der Waals surface area contributed by atoms with Gasteiger partial charge >= 0.3 is 5.97 Å². The number of rotatable bonds is 6. The van der Waals surface area contributed by atoms with E-state index in [1.165, 1.54) is 12.8 Å². The Labute approximate surface area is 134 Å². The highest BCUT2D eigenvalue weighted by atomic mass is 16.5.